The van der Waals surface area contributed by atoms with E-state index in [0.29, 0.717) is 10.8 Å². The van der Waals surface area contributed by atoms with Gasteiger partial charge >= 0.3 is 0 Å². The fourth-order valence-corrected chi connectivity index (χ4v) is 2.96. The molecule has 15 heavy (non-hydrogen) atoms. The fraction of sp³-hybridized carbons (Fsp3) is 0.200. The summed E-state index contributed by atoms with van der Waals surface area (Å²) in [6, 6.07) is 3.75. The van der Waals surface area contributed by atoms with Crippen LogP contribution in [0.15, 0.2) is 12.1 Å². The van der Waals surface area contributed by atoms with Crippen molar-refractivity contribution in [3.05, 3.63) is 22.0 Å². The summed E-state index contributed by atoms with van der Waals surface area (Å²) in [5, 5.41) is 10.6. The third kappa shape index (κ3) is 1.29. The van der Waals surface area contributed by atoms with Crippen molar-refractivity contribution in [3.8, 4) is 11.5 Å². The van der Waals surface area contributed by atoms with Crippen molar-refractivity contribution >= 4 is 33.0 Å². The van der Waals surface area contributed by atoms with E-state index in [4.69, 9.17) is 26.2 Å². The van der Waals surface area contributed by atoms with Crippen LogP contribution in [0.1, 0.15) is 4.88 Å². The van der Waals surface area contributed by atoms with Gasteiger partial charge < -0.3 is 14.6 Å². The Labute approximate surface area is 94.8 Å². The fourth-order valence-electron chi connectivity index (χ4n) is 1.61. The summed E-state index contributed by atoms with van der Waals surface area (Å²) in [6.45, 7) is 0.224. The van der Waals surface area contributed by atoms with Crippen LogP contribution in [0.5, 0.6) is 11.5 Å². The molecule has 0 radical (unpaired) electrons. The van der Waals surface area contributed by atoms with Crippen molar-refractivity contribution in [2.24, 2.45) is 0 Å². The topological polar surface area (TPSA) is 38.7 Å². The van der Waals surface area contributed by atoms with E-state index in [9.17, 15) is 0 Å². The highest BCUT2D eigenvalue weighted by atomic mass is 35.5. The number of hydrogen-bond acceptors (Lipinski definition) is 4. The van der Waals surface area contributed by atoms with Crippen LogP contribution in [0.4, 0.5) is 0 Å². The lowest BCUT2D eigenvalue weighted by Crippen LogP contribution is -1.92. The molecule has 0 atom stereocenters. The monoisotopic (exact) mass is 242 g/mol. The van der Waals surface area contributed by atoms with Crippen molar-refractivity contribution in [2.75, 3.05) is 6.79 Å². The zero-order valence-electron chi connectivity index (χ0n) is 7.62. The van der Waals surface area contributed by atoms with E-state index in [0.717, 1.165) is 20.7 Å². The van der Waals surface area contributed by atoms with E-state index in [1.54, 1.807) is 0 Å². The largest absolute Gasteiger partial charge is 0.454 e. The molecule has 0 fully saturated rings. The number of rotatable bonds is 1. The second-order valence-electron chi connectivity index (χ2n) is 3.20. The van der Waals surface area contributed by atoms with Gasteiger partial charge in [-0.1, -0.05) is 11.6 Å². The molecule has 3 rings (SSSR count). The molecule has 0 spiro atoms. The number of halogens is 1. The zero-order chi connectivity index (χ0) is 10.4. The number of ether oxygens (including phenoxy) is 2. The molecule has 1 aromatic heterocycles. The summed E-state index contributed by atoms with van der Waals surface area (Å²) < 4.78 is 11.5. The minimum Gasteiger partial charge on any atom is -0.454 e. The van der Waals surface area contributed by atoms with Crippen LogP contribution in [-0.2, 0) is 6.61 Å². The van der Waals surface area contributed by atoms with Crippen molar-refractivity contribution in [1.82, 2.24) is 0 Å². The van der Waals surface area contributed by atoms with E-state index < -0.39 is 0 Å². The standard InChI is InChI=1S/C10H7ClO3S/c11-10-5-1-6-7(14-4-13-6)2-8(5)15-9(10)3-12/h1-2,12H,3-4H2. The molecule has 0 saturated carbocycles. The lowest BCUT2D eigenvalue weighted by Gasteiger charge is -1.95. The molecule has 1 N–H and O–H groups in total. The Morgan fingerprint density at radius 1 is 1.33 bits per heavy atom. The molecular formula is C10H7ClO3S. The predicted octanol–water partition coefficient (Wildman–Crippen LogP) is 2.78. The van der Waals surface area contributed by atoms with E-state index >= 15 is 0 Å². The average molecular weight is 243 g/mol. The number of fused-ring (bicyclic) bond motifs is 2. The van der Waals surface area contributed by atoms with Gasteiger partial charge in [-0.25, -0.2) is 0 Å². The van der Waals surface area contributed by atoms with Crippen LogP contribution in [0.25, 0.3) is 10.1 Å². The highest BCUT2D eigenvalue weighted by molar-refractivity contribution is 7.19. The summed E-state index contributed by atoms with van der Waals surface area (Å²) in [6.07, 6.45) is 0. The Bertz CT molecular complexity index is 535. The molecular weight excluding hydrogens is 236 g/mol. The lowest BCUT2D eigenvalue weighted by atomic mass is 10.2. The Morgan fingerprint density at radius 3 is 2.80 bits per heavy atom. The van der Waals surface area contributed by atoms with Gasteiger partial charge in [0.25, 0.3) is 0 Å². The SMILES string of the molecule is OCc1sc2cc3c(cc2c1Cl)OCO3. The van der Waals surface area contributed by atoms with E-state index in [-0.39, 0.29) is 13.4 Å². The zero-order valence-corrected chi connectivity index (χ0v) is 9.19. The van der Waals surface area contributed by atoms with Gasteiger partial charge in [0.1, 0.15) is 0 Å². The highest BCUT2D eigenvalue weighted by Gasteiger charge is 2.18. The van der Waals surface area contributed by atoms with Crippen LogP contribution >= 0.6 is 22.9 Å². The van der Waals surface area contributed by atoms with Crippen molar-refractivity contribution in [2.45, 2.75) is 6.61 Å². The minimum atomic E-state index is -0.0371. The summed E-state index contributed by atoms with van der Waals surface area (Å²) in [5.74, 6) is 1.46. The lowest BCUT2D eigenvalue weighted by molar-refractivity contribution is 0.174. The van der Waals surface area contributed by atoms with Crippen molar-refractivity contribution < 1.29 is 14.6 Å². The number of thiophene rings is 1. The second kappa shape index (κ2) is 3.27. The summed E-state index contributed by atoms with van der Waals surface area (Å²) in [7, 11) is 0. The van der Waals surface area contributed by atoms with Gasteiger partial charge in [0.05, 0.1) is 11.6 Å². The Balaban J connectivity index is 2.31. The van der Waals surface area contributed by atoms with E-state index in [2.05, 4.69) is 0 Å². The van der Waals surface area contributed by atoms with Crippen molar-refractivity contribution in [1.29, 1.82) is 0 Å². The van der Waals surface area contributed by atoms with E-state index in [1.807, 2.05) is 12.1 Å². The van der Waals surface area contributed by atoms with Crippen LogP contribution in [0.3, 0.4) is 0 Å². The Morgan fingerprint density at radius 2 is 2.07 bits per heavy atom. The maximum absolute atomic E-state index is 9.09. The molecule has 0 bridgehead atoms. The summed E-state index contributed by atoms with van der Waals surface area (Å²) in [5.41, 5.74) is 0. The van der Waals surface area contributed by atoms with Gasteiger partial charge in [-0.3, -0.25) is 0 Å². The number of aliphatic hydroxyl groups is 1. The quantitative estimate of drug-likeness (QED) is 0.836. The maximum Gasteiger partial charge on any atom is 0.231 e. The first-order chi connectivity index (χ1) is 7.29. The Kier molecular flexibility index (Phi) is 2.02. The molecule has 2 heterocycles. The maximum atomic E-state index is 9.09. The predicted molar refractivity (Wildman–Crippen MR) is 58.9 cm³/mol. The van der Waals surface area contributed by atoms with E-state index in [1.165, 1.54) is 11.3 Å². The molecule has 1 aliphatic rings. The number of aliphatic hydroxyl groups excluding tert-OH is 1. The molecule has 0 aliphatic carbocycles. The minimum absolute atomic E-state index is 0.0371. The van der Waals surface area contributed by atoms with Gasteiger partial charge in [-0.05, 0) is 6.07 Å². The van der Waals surface area contributed by atoms with Crippen LogP contribution in [-0.4, -0.2) is 11.9 Å². The van der Waals surface area contributed by atoms with Gasteiger partial charge in [0.15, 0.2) is 11.5 Å². The number of hydrogen-bond donors (Lipinski definition) is 1. The van der Waals surface area contributed by atoms with Crippen LogP contribution in [0, 0.1) is 0 Å². The molecule has 0 amide bonds. The molecule has 78 valence electrons. The molecule has 2 aromatic rings. The molecule has 0 unspecified atom stereocenters. The third-order valence-corrected chi connectivity index (χ3v) is 4.01. The average Bonchev–Trinajstić information content (AvgIpc) is 2.80. The first-order valence-corrected chi connectivity index (χ1v) is 5.60. The highest BCUT2D eigenvalue weighted by Crippen LogP contribution is 2.43. The molecule has 1 aliphatic heterocycles. The molecule has 3 nitrogen and oxygen atoms in total. The smallest absolute Gasteiger partial charge is 0.231 e. The summed E-state index contributed by atoms with van der Waals surface area (Å²) in [4.78, 5) is 0.773. The second-order valence-corrected chi connectivity index (χ2v) is 4.71. The summed E-state index contributed by atoms with van der Waals surface area (Å²) >= 11 is 7.59. The normalized spacial score (nSPS) is 13.7. The third-order valence-electron chi connectivity index (χ3n) is 2.33. The van der Waals surface area contributed by atoms with Gasteiger partial charge in [-0.2, -0.15) is 0 Å². The van der Waals surface area contributed by atoms with Gasteiger partial charge in [-0.15, -0.1) is 11.3 Å². The van der Waals surface area contributed by atoms with Crippen molar-refractivity contribution in [3.63, 3.8) is 0 Å². The Hall–Kier alpha value is -0.970. The van der Waals surface area contributed by atoms with Crippen LogP contribution in [0.2, 0.25) is 5.02 Å². The first kappa shape index (κ1) is 9.27. The molecule has 1 aromatic carbocycles. The van der Waals surface area contributed by atoms with Gasteiger partial charge in [0, 0.05) is 21.0 Å². The first-order valence-electron chi connectivity index (χ1n) is 4.41. The molecule has 5 heteroatoms. The van der Waals surface area contributed by atoms with Gasteiger partial charge in [0.2, 0.25) is 6.79 Å². The number of benzene rings is 1. The molecule has 0 saturated heterocycles. The van der Waals surface area contributed by atoms with Crippen LogP contribution < -0.4 is 9.47 Å².